The molecule has 0 aliphatic rings. The highest BCUT2D eigenvalue weighted by Gasteiger charge is 2.20. The second kappa shape index (κ2) is 6.75. The topological polar surface area (TPSA) is 46.4 Å². The number of nitrogens with zero attached hydrogens (tertiary/aromatic N) is 2. The molecule has 4 nitrogen and oxygen atoms in total. The predicted molar refractivity (Wildman–Crippen MR) is 101 cm³/mol. The first-order valence-electron chi connectivity index (χ1n) is 7.34. The summed E-state index contributed by atoms with van der Waals surface area (Å²) in [6.45, 7) is 3.93. The molecule has 1 N–H and O–H groups in total. The second-order valence-corrected chi connectivity index (χ2v) is 7.13. The van der Waals surface area contributed by atoms with Crippen molar-refractivity contribution in [3.05, 3.63) is 61.9 Å². The van der Waals surface area contributed by atoms with Crippen molar-refractivity contribution in [2.24, 2.45) is 0 Å². The zero-order chi connectivity index (χ0) is 17.4. The summed E-state index contributed by atoms with van der Waals surface area (Å²) >= 11 is 15.5. The smallest absolute Gasteiger partial charge is 0.274 e. The van der Waals surface area contributed by atoms with Gasteiger partial charge in [-0.15, -0.1) is 0 Å². The van der Waals surface area contributed by atoms with Crippen molar-refractivity contribution in [1.82, 2.24) is 9.38 Å². The number of aryl methyl sites for hydroxylation is 2. The number of benzene rings is 1. The number of hydrogen-bond acceptors (Lipinski definition) is 2. The first-order valence-corrected chi connectivity index (χ1v) is 8.89. The number of aromatic nitrogens is 2. The predicted octanol–water partition coefficient (Wildman–Crippen LogP) is 5.53. The number of nitrogens with one attached hydrogen (secondary N) is 1. The third kappa shape index (κ3) is 3.16. The summed E-state index contributed by atoms with van der Waals surface area (Å²) in [6.07, 6.45) is 2.49. The standard InChI is InChI=1S/C17H14BrCl2N3O/c1-3-13-15(23-8-10(18)6-9(2)16(23)21-13)17(24)22-14-5-4-11(19)7-12(14)20/h4-8H,3H2,1-2H3,(H,22,24). The lowest BCUT2D eigenvalue weighted by atomic mass is 10.2. The minimum absolute atomic E-state index is 0.263. The Bertz CT molecular complexity index is 953. The van der Waals surface area contributed by atoms with Crippen LogP contribution in [0.1, 0.15) is 28.7 Å². The summed E-state index contributed by atoms with van der Waals surface area (Å²) in [5.41, 5.74) is 3.50. The van der Waals surface area contributed by atoms with Crippen LogP contribution >= 0.6 is 39.1 Å². The first-order chi connectivity index (χ1) is 11.4. The van der Waals surface area contributed by atoms with Crippen molar-refractivity contribution in [1.29, 1.82) is 0 Å². The number of amides is 1. The molecule has 0 saturated carbocycles. The van der Waals surface area contributed by atoms with Crippen molar-refractivity contribution < 1.29 is 4.79 Å². The largest absolute Gasteiger partial charge is 0.319 e. The van der Waals surface area contributed by atoms with Gasteiger partial charge in [0.1, 0.15) is 11.3 Å². The molecule has 0 bridgehead atoms. The van der Waals surface area contributed by atoms with Crippen LogP contribution in [0.15, 0.2) is 34.9 Å². The molecule has 124 valence electrons. The maximum atomic E-state index is 12.8. The molecular weight excluding hydrogens is 413 g/mol. The quantitative estimate of drug-likeness (QED) is 0.598. The normalized spacial score (nSPS) is 11.0. The Kier molecular flexibility index (Phi) is 4.85. The zero-order valence-corrected chi connectivity index (χ0v) is 16.1. The minimum atomic E-state index is -0.263. The molecule has 0 radical (unpaired) electrons. The van der Waals surface area contributed by atoms with Crippen LogP contribution < -0.4 is 5.32 Å². The monoisotopic (exact) mass is 425 g/mol. The minimum Gasteiger partial charge on any atom is -0.319 e. The number of carbonyl (C=O) groups excluding carboxylic acids is 1. The fourth-order valence-corrected chi connectivity index (χ4v) is 3.58. The molecule has 0 aliphatic heterocycles. The third-order valence-electron chi connectivity index (χ3n) is 3.67. The van der Waals surface area contributed by atoms with Crippen LogP contribution in [0, 0.1) is 6.92 Å². The molecule has 1 aromatic carbocycles. The van der Waals surface area contributed by atoms with Gasteiger partial charge in [-0.3, -0.25) is 9.20 Å². The molecular formula is C17H14BrCl2N3O. The first kappa shape index (κ1) is 17.3. The second-order valence-electron chi connectivity index (χ2n) is 5.37. The molecule has 0 unspecified atom stereocenters. The summed E-state index contributed by atoms with van der Waals surface area (Å²) < 4.78 is 2.68. The summed E-state index contributed by atoms with van der Waals surface area (Å²) in [4.78, 5) is 17.4. The van der Waals surface area contributed by atoms with Gasteiger partial charge in [0.05, 0.1) is 16.4 Å². The highest BCUT2D eigenvalue weighted by Crippen LogP contribution is 2.27. The van der Waals surface area contributed by atoms with Crippen LogP contribution in [0.2, 0.25) is 10.0 Å². The van der Waals surface area contributed by atoms with E-state index in [0.29, 0.717) is 27.8 Å². The average molecular weight is 427 g/mol. The Morgan fingerprint density at radius 2 is 2.08 bits per heavy atom. The lowest BCUT2D eigenvalue weighted by Crippen LogP contribution is -2.16. The van der Waals surface area contributed by atoms with Crippen LogP contribution in [0.3, 0.4) is 0 Å². The van der Waals surface area contributed by atoms with Crippen molar-refractivity contribution in [3.8, 4) is 0 Å². The van der Waals surface area contributed by atoms with E-state index in [4.69, 9.17) is 23.2 Å². The summed E-state index contributed by atoms with van der Waals surface area (Å²) in [5.74, 6) is -0.263. The summed E-state index contributed by atoms with van der Waals surface area (Å²) in [6, 6.07) is 6.92. The molecule has 0 fully saturated rings. The summed E-state index contributed by atoms with van der Waals surface area (Å²) in [7, 11) is 0. The number of halogens is 3. The zero-order valence-electron chi connectivity index (χ0n) is 13.0. The van der Waals surface area contributed by atoms with Crippen molar-refractivity contribution >= 4 is 56.4 Å². The van der Waals surface area contributed by atoms with Crippen LogP contribution in [0.5, 0.6) is 0 Å². The highest BCUT2D eigenvalue weighted by atomic mass is 79.9. The van der Waals surface area contributed by atoms with Crippen LogP contribution in [0.4, 0.5) is 5.69 Å². The highest BCUT2D eigenvalue weighted by molar-refractivity contribution is 9.10. The van der Waals surface area contributed by atoms with Gasteiger partial charge in [-0.05, 0) is 59.1 Å². The molecule has 3 aromatic rings. The third-order valence-corrected chi connectivity index (χ3v) is 4.65. The number of pyridine rings is 1. The number of anilines is 1. The lowest BCUT2D eigenvalue weighted by molar-refractivity contribution is 0.102. The van der Waals surface area contributed by atoms with E-state index in [1.54, 1.807) is 22.6 Å². The van der Waals surface area contributed by atoms with Crippen molar-refractivity contribution in [3.63, 3.8) is 0 Å². The van der Waals surface area contributed by atoms with Gasteiger partial charge in [-0.25, -0.2) is 4.98 Å². The SMILES string of the molecule is CCc1nc2c(C)cc(Br)cn2c1C(=O)Nc1ccc(Cl)cc1Cl. The van der Waals surface area contributed by atoms with Crippen LogP contribution in [-0.4, -0.2) is 15.3 Å². The molecule has 1 amide bonds. The molecule has 0 spiro atoms. The van der Waals surface area contributed by atoms with Gasteiger partial charge >= 0.3 is 0 Å². The number of rotatable bonds is 3. The molecule has 24 heavy (non-hydrogen) atoms. The van der Waals surface area contributed by atoms with E-state index in [1.807, 2.05) is 26.1 Å². The maximum absolute atomic E-state index is 12.8. The molecule has 0 atom stereocenters. The number of carbonyl (C=O) groups is 1. The van der Waals surface area contributed by atoms with Gasteiger partial charge in [0.2, 0.25) is 0 Å². The Morgan fingerprint density at radius 1 is 1.33 bits per heavy atom. The van der Waals surface area contributed by atoms with Crippen LogP contribution in [-0.2, 0) is 6.42 Å². The van der Waals surface area contributed by atoms with E-state index in [2.05, 4.69) is 26.2 Å². The maximum Gasteiger partial charge on any atom is 0.274 e. The van der Waals surface area contributed by atoms with Gasteiger partial charge in [-0.1, -0.05) is 30.1 Å². The van der Waals surface area contributed by atoms with Crippen molar-refractivity contribution in [2.45, 2.75) is 20.3 Å². The van der Waals surface area contributed by atoms with E-state index in [9.17, 15) is 4.79 Å². The Morgan fingerprint density at radius 3 is 2.75 bits per heavy atom. The molecule has 0 saturated heterocycles. The fraction of sp³-hybridized carbons (Fsp3) is 0.176. The summed E-state index contributed by atoms with van der Waals surface area (Å²) in [5, 5.41) is 3.74. The van der Waals surface area contributed by atoms with Gasteiger partial charge in [0.15, 0.2) is 0 Å². The van der Waals surface area contributed by atoms with Gasteiger partial charge in [0.25, 0.3) is 5.91 Å². The van der Waals surface area contributed by atoms with Gasteiger partial charge < -0.3 is 5.32 Å². The Hall–Kier alpha value is -1.56. The van der Waals surface area contributed by atoms with E-state index >= 15 is 0 Å². The molecule has 3 rings (SSSR count). The number of imidazole rings is 1. The molecule has 2 aromatic heterocycles. The van der Waals surface area contributed by atoms with Gasteiger partial charge in [-0.2, -0.15) is 0 Å². The van der Waals surface area contributed by atoms with Gasteiger partial charge in [0, 0.05) is 15.7 Å². The van der Waals surface area contributed by atoms with E-state index in [1.165, 1.54) is 0 Å². The average Bonchev–Trinajstić information content (AvgIpc) is 2.88. The molecule has 0 aliphatic carbocycles. The van der Waals surface area contributed by atoms with E-state index < -0.39 is 0 Å². The van der Waals surface area contributed by atoms with Crippen molar-refractivity contribution in [2.75, 3.05) is 5.32 Å². The fourth-order valence-electron chi connectivity index (χ4n) is 2.57. The lowest BCUT2D eigenvalue weighted by Gasteiger charge is -2.09. The van der Waals surface area contributed by atoms with E-state index in [0.717, 1.165) is 21.4 Å². The van der Waals surface area contributed by atoms with E-state index in [-0.39, 0.29) is 5.91 Å². The number of fused-ring (bicyclic) bond motifs is 1. The van der Waals surface area contributed by atoms with Crippen LogP contribution in [0.25, 0.3) is 5.65 Å². The number of hydrogen-bond donors (Lipinski definition) is 1. The Labute approximate surface area is 157 Å². The Balaban J connectivity index is 2.09. The molecule has 7 heteroatoms. The molecule has 2 heterocycles.